The minimum atomic E-state index is -0.238. The Morgan fingerprint density at radius 2 is 2.29 bits per heavy atom. The quantitative estimate of drug-likeness (QED) is 0.778. The van der Waals surface area contributed by atoms with Crippen LogP contribution < -0.4 is 5.32 Å². The number of fused-ring (bicyclic) bond motifs is 1. The Bertz CT molecular complexity index is 867. The molecule has 0 bridgehead atoms. The van der Waals surface area contributed by atoms with E-state index in [0.29, 0.717) is 6.61 Å². The highest BCUT2D eigenvalue weighted by molar-refractivity contribution is 6.02. The second-order valence-corrected chi connectivity index (χ2v) is 6.22. The SMILES string of the molecule is Cn1cc([C@@H]2OCCC[C@H]2C(=O)Nc2c[nH]c3ccccc23)cn1. The molecular weight excluding hydrogens is 304 g/mol. The first kappa shape index (κ1) is 15.0. The average Bonchev–Trinajstić information content (AvgIpc) is 3.22. The van der Waals surface area contributed by atoms with Gasteiger partial charge in [-0.25, -0.2) is 0 Å². The van der Waals surface area contributed by atoms with Crippen LogP contribution in [0.1, 0.15) is 24.5 Å². The number of aromatic amines is 1. The summed E-state index contributed by atoms with van der Waals surface area (Å²) in [6.45, 7) is 0.677. The Labute approximate surface area is 139 Å². The molecule has 4 rings (SSSR count). The van der Waals surface area contributed by atoms with E-state index in [9.17, 15) is 4.79 Å². The summed E-state index contributed by atoms with van der Waals surface area (Å²) in [7, 11) is 1.87. The molecule has 0 saturated carbocycles. The molecule has 6 heteroatoms. The average molecular weight is 324 g/mol. The Morgan fingerprint density at radius 1 is 1.42 bits per heavy atom. The van der Waals surface area contributed by atoms with Gasteiger partial charge in [0.15, 0.2) is 0 Å². The number of aryl methyl sites for hydroxylation is 1. The zero-order valence-electron chi connectivity index (χ0n) is 13.5. The molecule has 0 radical (unpaired) electrons. The number of anilines is 1. The van der Waals surface area contributed by atoms with Crippen LogP contribution in [0.2, 0.25) is 0 Å². The van der Waals surface area contributed by atoms with Crippen molar-refractivity contribution in [2.75, 3.05) is 11.9 Å². The molecular formula is C18H20N4O2. The molecule has 3 aromatic rings. The molecule has 1 saturated heterocycles. The molecule has 1 aliphatic rings. The van der Waals surface area contributed by atoms with Gasteiger partial charge in [0.2, 0.25) is 5.91 Å². The van der Waals surface area contributed by atoms with Crippen molar-refractivity contribution >= 4 is 22.5 Å². The van der Waals surface area contributed by atoms with E-state index < -0.39 is 0 Å². The number of H-pyrrole nitrogens is 1. The number of hydrogen-bond donors (Lipinski definition) is 2. The fraction of sp³-hybridized carbons (Fsp3) is 0.333. The molecule has 1 aromatic carbocycles. The van der Waals surface area contributed by atoms with Gasteiger partial charge in [-0.2, -0.15) is 5.10 Å². The summed E-state index contributed by atoms with van der Waals surface area (Å²) in [4.78, 5) is 16.1. The van der Waals surface area contributed by atoms with Gasteiger partial charge >= 0.3 is 0 Å². The monoisotopic (exact) mass is 324 g/mol. The third-order valence-corrected chi connectivity index (χ3v) is 4.56. The van der Waals surface area contributed by atoms with Gasteiger partial charge in [0.1, 0.15) is 0 Å². The van der Waals surface area contributed by atoms with E-state index in [4.69, 9.17) is 4.74 Å². The zero-order valence-corrected chi connectivity index (χ0v) is 13.5. The van der Waals surface area contributed by atoms with Gasteiger partial charge in [0, 0.05) is 42.5 Å². The van der Waals surface area contributed by atoms with Crippen molar-refractivity contribution < 1.29 is 9.53 Å². The van der Waals surface area contributed by atoms with E-state index in [2.05, 4.69) is 15.4 Å². The summed E-state index contributed by atoms with van der Waals surface area (Å²) in [5.74, 6) is -0.218. The summed E-state index contributed by atoms with van der Waals surface area (Å²) >= 11 is 0. The van der Waals surface area contributed by atoms with Crippen molar-refractivity contribution in [2.45, 2.75) is 18.9 Å². The van der Waals surface area contributed by atoms with Crippen LogP contribution in [-0.4, -0.2) is 27.3 Å². The standard InChI is InChI=1S/C18H20N4O2/c1-22-11-12(9-20-22)17-14(6-4-8-24-17)18(23)21-16-10-19-15-7-3-2-5-13(15)16/h2-3,5,7,9-11,14,17,19H,4,6,8H2,1H3,(H,21,23)/t14-,17+/m1/s1. The van der Waals surface area contributed by atoms with Gasteiger partial charge < -0.3 is 15.0 Å². The highest BCUT2D eigenvalue weighted by atomic mass is 16.5. The first-order valence-corrected chi connectivity index (χ1v) is 8.19. The van der Waals surface area contributed by atoms with Crippen molar-refractivity contribution in [3.63, 3.8) is 0 Å². The maximum Gasteiger partial charge on any atom is 0.230 e. The number of rotatable bonds is 3. The van der Waals surface area contributed by atoms with Crippen LogP contribution in [0.25, 0.3) is 10.9 Å². The number of aromatic nitrogens is 3. The highest BCUT2D eigenvalue weighted by Gasteiger charge is 2.34. The van der Waals surface area contributed by atoms with Crippen molar-refractivity contribution in [1.29, 1.82) is 0 Å². The third kappa shape index (κ3) is 2.69. The Kier molecular flexibility index (Phi) is 3.82. The van der Waals surface area contributed by atoms with Crippen LogP contribution in [0.15, 0.2) is 42.9 Å². The summed E-state index contributed by atoms with van der Waals surface area (Å²) in [6, 6.07) is 7.93. The number of carbonyl (C=O) groups is 1. The van der Waals surface area contributed by atoms with E-state index in [-0.39, 0.29) is 17.9 Å². The number of ether oxygens (including phenoxy) is 1. The number of hydrogen-bond acceptors (Lipinski definition) is 3. The van der Waals surface area contributed by atoms with E-state index in [0.717, 1.165) is 35.0 Å². The Balaban J connectivity index is 1.57. The summed E-state index contributed by atoms with van der Waals surface area (Å²) in [6.07, 6.45) is 7.00. The number of nitrogens with zero attached hydrogens (tertiary/aromatic N) is 2. The number of nitrogens with one attached hydrogen (secondary N) is 2. The van der Waals surface area contributed by atoms with Crippen LogP contribution >= 0.6 is 0 Å². The molecule has 1 fully saturated rings. The molecule has 24 heavy (non-hydrogen) atoms. The fourth-order valence-electron chi connectivity index (χ4n) is 3.37. The number of benzene rings is 1. The lowest BCUT2D eigenvalue weighted by Gasteiger charge is -2.30. The predicted octanol–water partition coefficient (Wildman–Crippen LogP) is 3.01. The van der Waals surface area contributed by atoms with E-state index in [1.807, 2.05) is 43.7 Å². The second-order valence-electron chi connectivity index (χ2n) is 6.22. The van der Waals surface area contributed by atoms with Crippen LogP contribution in [0.3, 0.4) is 0 Å². The number of amides is 1. The van der Waals surface area contributed by atoms with E-state index >= 15 is 0 Å². The topological polar surface area (TPSA) is 71.9 Å². The Hall–Kier alpha value is -2.60. The maximum absolute atomic E-state index is 12.9. The minimum absolute atomic E-state index is 0.00620. The molecule has 6 nitrogen and oxygen atoms in total. The van der Waals surface area contributed by atoms with Crippen LogP contribution in [0, 0.1) is 5.92 Å². The van der Waals surface area contributed by atoms with Gasteiger partial charge in [-0.15, -0.1) is 0 Å². The van der Waals surface area contributed by atoms with Gasteiger partial charge in [0.05, 0.1) is 23.9 Å². The lowest BCUT2D eigenvalue weighted by Crippen LogP contribution is -2.33. The first-order valence-electron chi connectivity index (χ1n) is 8.19. The van der Waals surface area contributed by atoms with Crippen molar-refractivity contribution in [1.82, 2.24) is 14.8 Å². The van der Waals surface area contributed by atoms with E-state index in [1.165, 1.54) is 0 Å². The molecule has 1 amide bonds. The molecule has 2 N–H and O–H groups in total. The molecule has 0 unspecified atom stereocenters. The molecule has 3 heterocycles. The maximum atomic E-state index is 12.9. The van der Waals surface area contributed by atoms with Crippen LogP contribution in [0.5, 0.6) is 0 Å². The van der Waals surface area contributed by atoms with Crippen LogP contribution in [-0.2, 0) is 16.6 Å². The van der Waals surface area contributed by atoms with Crippen molar-refractivity contribution in [3.05, 3.63) is 48.4 Å². The molecule has 0 spiro atoms. The molecule has 2 atom stereocenters. The fourth-order valence-corrected chi connectivity index (χ4v) is 3.37. The van der Waals surface area contributed by atoms with E-state index in [1.54, 1.807) is 10.9 Å². The van der Waals surface area contributed by atoms with Gasteiger partial charge in [-0.05, 0) is 18.9 Å². The predicted molar refractivity (Wildman–Crippen MR) is 91.6 cm³/mol. The summed E-state index contributed by atoms with van der Waals surface area (Å²) in [5, 5.41) is 8.28. The number of carbonyl (C=O) groups excluding carboxylic acids is 1. The molecule has 0 aliphatic carbocycles. The Morgan fingerprint density at radius 3 is 3.12 bits per heavy atom. The largest absolute Gasteiger partial charge is 0.373 e. The lowest BCUT2D eigenvalue weighted by atomic mass is 9.90. The molecule has 2 aromatic heterocycles. The first-order chi connectivity index (χ1) is 11.7. The normalized spacial score (nSPS) is 21.0. The number of para-hydroxylation sites is 1. The van der Waals surface area contributed by atoms with Crippen molar-refractivity contribution in [2.24, 2.45) is 13.0 Å². The van der Waals surface area contributed by atoms with Gasteiger partial charge in [-0.1, -0.05) is 18.2 Å². The lowest BCUT2D eigenvalue weighted by molar-refractivity contribution is -0.129. The molecule has 124 valence electrons. The van der Waals surface area contributed by atoms with Crippen LogP contribution in [0.4, 0.5) is 5.69 Å². The highest BCUT2D eigenvalue weighted by Crippen LogP contribution is 2.35. The third-order valence-electron chi connectivity index (χ3n) is 4.56. The van der Waals surface area contributed by atoms with Gasteiger partial charge in [-0.3, -0.25) is 9.48 Å². The smallest absolute Gasteiger partial charge is 0.230 e. The summed E-state index contributed by atoms with van der Waals surface area (Å²) < 4.78 is 7.63. The van der Waals surface area contributed by atoms with Crippen molar-refractivity contribution in [3.8, 4) is 0 Å². The zero-order chi connectivity index (χ0) is 16.5. The minimum Gasteiger partial charge on any atom is -0.373 e. The van der Waals surface area contributed by atoms with Gasteiger partial charge in [0.25, 0.3) is 0 Å². The second kappa shape index (κ2) is 6.13. The summed E-state index contributed by atoms with van der Waals surface area (Å²) in [5.41, 5.74) is 2.78. The molecule has 1 aliphatic heterocycles.